The van der Waals surface area contributed by atoms with E-state index >= 15 is 0 Å². The van der Waals surface area contributed by atoms with Crippen LogP contribution in [-0.4, -0.2) is 19.5 Å². The van der Waals surface area contributed by atoms with Crippen molar-refractivity contribution in [2.24, 2.45) is 0 Å². The molecule has 0 fully saturated rings. The maximum absolute atomic E-state index is 11.0. The molecule has 0 aliphatic carbocycles. The van der Waals surface area contributed by atoms with Gasteiger partial charge in [-0.15, -0.1) is 11.3 Å². The summed E-state index contributed by atoms with van der Waals surface area (Å²) in [5.41, 5.74) is 0.851. The molecule has 0 amide bonds. The van der Waals surface area contributed by atoms with Crippen LogP contribution in [0.15, 0.2) is 4.21 Å². The molecule has 0 saturated carbocycles. The SMILES string of the molecule is Cc1c(C(=O)O)sc(S(=O)(=O)Cl)c1C. The van der Waals surface area contributed by atoms with Crippen LogP contribution in [0, 0.1) is 13.8 Å². The molecular formula is C7H7ClO4S2. The molecule has 1 heterocycles. The van der Waals surface area contributed by atoms with Gasteiger partial charge in [0.2, 0.25) is 0 Å². The molecule has 0 unspecified atom stereocenters. The minimum atomic E-state index is -3.84. The monoisotopic (exact) mass is 254 g/mol. The second-order valence-corrected chi connectivity index (χ2v) is 6.49. The zero-order valence-corrected chi connectivity index (χ0v) is 9.76. The smallest absolute Gasteiger partial charge is 0.346 e. The summed E-state index contributed by atoms with van der Waals surface area (Å²) in [6.07, 6.45) is 0. The Hall–Kier alpha value is -0.590. The molecule has 14 heavy (non-hydrogen) atoms. The van der Waals surface area contributed by atoms with Gasteiger partial charge >= 0.3 is 5.97 Å². The summed E-state index contributed by atoms with van der Waals surface area (Å²) in [6, 6.07) is 0. The number of halogens is 1. The number of hydrogen-bond donors (Lipinski definition) is 1. The van der Waals surface area contributed by atoms with Crippen molar-refractivity contribution in [2.45, 2.75) is 18.1 Å². The summed E-state index contributed by atoms with van der Waals surface area (Å²) in [6.45, 7) is 3.09. The molecule has 1 N–H and O–H groups in total. The van der Waals surface area contributed by atoms with Crippen molar-refractivity contribution in [1.82, 2.24) is 0 Å². The molecule has 1 aromatic heterocycles. The number of rotatable bonds is 2. The molecule has 0 aliphatic heterocycles. The lowest BCUT2D eigenvalue weighted by Gasteiger charge is -1.92. The van der Waals surface area contributed by atoms with Gasteiger partial charge in [-0.2, -0.15) is 0 Å². The Morgan fingerprint density at radius 1 is 1.36 bits per heavy atom. The fourth-order valence-corrected chi connectivity index (χ4v) is 3.69. The normalized spacial score (nSPS) is 11.6. The summed E-state index contributed by atoms with van der Waals surface area (Å²) >= 11 is 0.682. The van der Waals surface area contributed by atoms with E-state index < -0.39 is 15.0 Å². The van der Waals surface area contributed by atoms with Gasteiger partial charge in [0, 0.05) is 10.7 Å². The topological polar surface area (TPSA) is 71.4 Å². The Labute approximate surface area is 89.6 Å². The molecule has 1 aromatic rings. The van der Waals surface area contributed by atoms with Crippen LogP contribution in [-0.2, 0) is 9.05 Å². The molecule has 4 nitrogen and oxygen atoms in total. The van der Waals surface area contributed by atoms with Gasteiger partial charge < -0.3 is 5.11 Å². The van der Waals surface area contributed by atoms with E-state index in [-0.39, 0.29) is 9.09 Å². The maximum Gasteiger partial charge on any atom is 0.346 e. The Morgan fingerprint density at radius 3 is 2.07 bits per heavy atom. The number of carbonyl (C=O) groups is 1. The van der Waals surface area contributed by atoms with E-state index in [2.05, 4.69) is 0 Å². The molecule has 7 heteroatoms. The van der Waals surface area contributed by atoms with Crippen LogP contribution in [0.4, 0.5) is 0 Å². The summed E-state index contributed by atoms with van der Waals surface area (Å²) in [5, 5.41) is 8.74. The van der Waals surface area contributed by atoms with Crippen molar-refractivity contribution in [3.8, 4) is 0 Å². The lowest BCUT2D eigenvalue weighted by molar-refractivity contribution is 0.0701. The summed E-state index contributed by atoms with van der Waals surface area (Å²) in [4.78, 5) is 10.7. The molecule has 0 aliphatic rings. The first-order valence-corrected chi connectivity index (χ1v) is 6.65. The zero-order chi connectivity index (χ0) is 11.1. The first-order chi connectivity index (χ1) is 6.25. The van der Waals surface area contributed by atoms with Crippen LogP contribution in [0.25, 0.3) is 0 Å². The first kappa shape index (κ1) is 11.5. The van der Waals surface area contributed by atoms with E-state index in [4.69, 9.17) is 15.8 Å². The molecule has 0 saturated heterocycles. The number of aromatic carboxylic acids is 1. The highest BCUT2D eigenvalue weighted by Crippen LogP contribution is 2.33. The number of hydrogen-bond acceptors (Lipinski definition) is 4. The third-order valence-electron chi connectivity index (χ3n) is 1.82. The fraction of sp³-hybridized carbons (Fsp3) is 0.286. The average Bonchev–Trinajstić information content (AvgIpc) is 2.28. The van der Waals surface area contributed by atoms with Crippen LogP contribution in [0.2, 0.25) is 0 Å². The van der Waals surface area contributed by atoms with E-state index in [0.717, 1.165) is 0 Å². The summed E-state index contributed by atoms with van der Waals surface area (Å²) in [7, 11) is 1.30. The predicted octanol–water partition coefficient (Wildman–Crippen LogP) is 1.99. The molecular weight excluding hydrogens is 248 g/mol. The molecule has 1 rings (SSSR count). The second-order valence-electron chi connectivity index (χ2n) is 2.71. The third-order valence-corrected chi connectivity index (χ3v) is 5.39. The van der Waals surface area contributed by atoms with Gasteiger partial charge in [0.15, 0.2) is 0 Å². The van der Waals surface area contributed by atoms with E-state index in [0.29, 0.717) is 22.5 Å². The van der Waals surface area contributed by atoms with E-state index in [1.165, 1.54) is 6.92 Å². The van der Waals surface area contributed by atoms with Gasteiger partial charge in [0.1, 0.15) is 9.09 Å². The van der Waals surface area contributed by atoms with E-state index in [1.807, 2.05) is 0 Å². The third kappa shape index (κ3) is 1.92. The highest BCUT2D eigenvalue weighted by atomic mass is 35.7. The Bertz CT molecular complexity index is 486. The number of thiophene rings is 1. The Kier molecular flexibility index (Phi) is 2.89. The minimum absolute atomic E-state index is 0.0155. The molecule has 0 spiro atoms. The predicted molar refractivity (Wildman–Crippen MR) is 53.8 cm³/mol. The van der Waals surface area contributed by atoms with E-state index in [9.17, 15) is 13.2 Å². The van der Waals surface area contributed by atoms with Gasteiger partial charge in [0.25, 0.3) is 9.05 Å². The second kappa shape index (κ2) is 3.52. The highest BCUT2D eigenvalue weighted by molar-refractivity contribution is 8.15. The Morgan fingerprint density at radius 2 is 1.86 bits per heavy atom. The number of carboxylic acid groups (broad SMARTS) is 1. The minimum Gasteiger partial charge on any atom is -0.477 e. The van der Waals surface area contributed by atoms with Crippen LogP contribution in [0.1, 0.15) is 20.8 Å². The maximum atomic E-state index is 11.0. The lowest BCUT2D eigenvalue weighted by atomic mass is 10.2. The average molecular weight is 255 g/mol. The van der Waals surface area contributed by atoms with Gasteiger partial charge in [-0.05, 0) is 25.0 Å². The number of carboxylic acids is 1. The van der Waals surface area contributed by atoms with Gasteiger partial charge in [-0.1, -0.05) is 0 Å². The summed E-state index contributed by atoms with van der Waals surface area (Å²) < 4.78 is 22.0. The molecule has 0 aromatic carbocycles. The van der Waals surface area contributed by atoms with Crippen LogP contribution in [0.5, 0.6) is 0 Å². The molecule has 0 bridgehead atoms. The van der Waals surface area contributed by atoms with Crippen molar-refractivity contribution in [2.75, 3.05) is 0 Å². The van der Waals surface area contributed by atoms with Crippen molar-refractivity contribution in [3.63, 3.8) is 0 Å². The standard InChI is InChI=1S/C7H7ClO4S2/c1-3-4(2)7(14(8,11)12)13-5(3)6(9)10/h1-2H3,(H,9,10). The molecule has 0 radical (unpaired) electrons. The zero-order valence-electron chi connectivity index (χ0n) is 7.37. The molecule has 78 valence electrons. The van der Waals surface area contributed by atoms with Gasteiger partial charge in [0.05, 0.1) is 0 Å². The summed E-state index contributed by atoms with van der Waals surface area (Å²) in [5.74, 6) is -1.14. The lowest BCUT2D eigenvalue weighted by Crippen LogP contribution is -1.94. The van der Waals surface area contributed by atoms with Crippen molar-refractivity contribution in [3.05, 3.63) is 16.0 Å². The largest absolute Gasteiger partial charge is 0.477 e. The van der Waals surface area contributed by atoms with Crippen molar-refractivity contribution < 1.29 is 18.3 Å². The first-order valence-electron chi connectivity index (χ1n) is 3.53. The van der Waals surface area contributed by atoms with Crippen LogP contribution >= 0.6 is 22.0 Å². The van der Waals surface area contributed by atoms with Crippen LogP contribution < -0.4 is 0 Å². The fourth-order valence-electron chi connectivity index (χ4n) is 1.01. The van der Waals surface area contributed by atoms with Crippen LogP contribution in [0.3, 0.4) is 0 Å². The van der Waals surface area contributed by atoms with E-state index in [1.54, 1.807) is 6.92 Å². The quantitative estimate of drug-likeness (QED) is 0.820. The van der Waals surface area contributed by atoms with Crippen molar-refractivity contribution >= 4 is 37.0 Å². The Balaban J connectivity index is 3.52. The van der Waals surface area contributed by atoms with Gasteiger partial charge in [-0.3, -0.25) is 0 Å². The molecule has 0 atom stereocenters. The van der Waals surface area contributed by atoms with Crippen molar-refractivity contribution in [1.29, 1.82) is 0 Å². The highest BCUT2D eigenvalue weighted by Gasteiger charge is 2.23. The van der Waals surface area contributed by atoms with Gasteiger partial charge in [-0.25, -0.2) is 13.2 Å².